The first-order chi connectivity index (χ1) is 21.2. The quantitative estimate of drug-likeness (QED) is 0.225. The lowest BCUT2D eigenvalue weighted by atomic mass is 10.1. The molecule has 5 aromatic rings. The number of halogens is 3. The number of anilines is 2. The van der Waals surface area contributed by atoms with Crippen molar-refractivity contribution in [3.8, 4) is 0 Å². The minimum atomic E-state index is -1.07. The van der Waals surface area contributed by atoms with Crippen LogP contribution in [-0.4, -0.2) is 56.3 Å². The number of H-pyrrole nitrogens is 1. The standard InChI is InChI=1S/C32H28F3N7O2/c1-41(2)17-20-5-9-23(10-6-20)39-32-37-16-24-28(40-32)12-8-22(29(24)35)4-3-13-42(18-21-7-11-26(33)27(34)14-21)31(44)25-15-36-19-38-30(25)43/h3-12,14-16,19H,13,17-18H2,1-2H3,(H,36,38,43)(H,37,39,40)/b4-3+. The Morgan fingerprint density at radius 2 is 1.73 bits per heavy atom. The highest BCUT2D eigenvalue weighted by Crippen LogP contribution is 2.23. The number of hydrogen-bond acceptors (Lipinski definition) is 7. The SMILES string of the molecule is CN(C)Cc1ccc(Nc2ncc3c(F)c(/C=C/CN(Cc4ccc(F)c(F)c4)C(=O)c4cnc[nH]c4=O)ccc3n2)cc1. The summed E-state index contributed by atoms with van der Waals surface area (Å²) in [5.74, 6) is -3.02. The number of aromatic nitrogens is 4. The summed E-state index contributed by atoms with van der Waals surface area (Å²) in [6, 6.07) is 14.3. The third kappa shape index (κ3) is 7.16. The molecule has 1 amide bonds. The van der Waals surface area contributed by atoms with Crippen LogP contribution in [0.4, 0.5) is 24.8 Å². The predicted molar refractivity (Wildman–Crippen MR) is 162 cm³/mol. The maximum absolute atomic E-state index is 15.4. The Kier molecular flexibility index (Phi) is 9.10. The molecule has 0 saturated carbocycles. The van der Waals surface area contributed by atoms with E-state index in [-0.39, 0.29) is 29.6 Å². The molecule has 2 heterocycles. The second-order valence-electron chi connectivity index (χ2n) is 10.3. The fourth-order valence-corrected chi connectivity index (χ4v) is 4.52. The van der Waals surface area contributed by atoms with Crippen LogP contribution in [0.3, 0.4) is 0 Å². The molecule has 12 heteroatoms. The number of carbonyl (C=O) groups excluding carboxylic acids is 1. The van der Waals surface area contributed by atoms with Gasteiger partial charge in [0.25, 0.3) is 11.5 Å². The average molecular weight is 600 g/mol. The molecule has 224 valence electrons. The number of amides is 1. The first-order valence-corrected chi connectivity index (χ1v) is 13.6. The molecule has 0 atom stereocenters. The highest BCUT2D eigenvalue weighted by atomic mass is 19.2. The van der Waals surface area contributed by atoms with E-state index in [4.69, 9.17) is 0 Å². The summed E-state index contributed by atoms with van der Waals surface area (Å²) in [5.41, 5.74) is 1.98. The van der Waals surface area contributed by atoms with Gasteiger partial charge in [-0.3, -0.25) is 9.59 Å². The monoisotopic (exact) mass is 599 g/mol. The van der Waals surface area contributed by atoms with Gasteiger partial charge in [0.2, 0.25) is 5.95 Å². The van der Waals surface area contributed by atoms with E-state index in [1.807, 2.05) is 38.4 Å². The van der Waals surface area contributed by atoms with Crippen molar-refractivity contribution in [1.82, 2.24) is 29.7 Å². The topological polar surface area (TPSA) is 107 Å². The molecule has 0 bridgehead atoms. The Hall–Kier alpha value is -5.36. The lowest BCUT2D eigenvalue weighted by Crippen LogP contribution is -2.34. The Bertz CT molecular complexity index is 1890. The minimum Gasteiger partial charge on any atom is -0.330 e. The van der Waals surface area contributed by atoms with Crippen molar-refractivity contribution in [3.05, 3.63) is 129 Å². The van der Waals surface area contributed by atoms with Crippen molar-refractivity contribution >= 4 is 34.5 Å². The van der Waals surface area contributed by atoms with Crippen molar-refractivity contribution < 1.29 is 18.0 Å². The number of aromatic amines is 1. The molecule has 3 aromatic carbocycles. The molecule has 0 radical (unpaired) electrons. The van der Waals surface area contributed by atoms with E-state index >= 15 is 4.39 Å². The zero-order valence-electron chi connectivity index (χ0n) is 23.9. The number of nitrogens with zero attached hydrogens (tertiary/aromatic N) is 5. The van der Waals surface area contributed by atoms with Crippen LogP contribution in [0.1, 0.15) is 27.0 Å². The van der Waals surface area contributed by atoms with Crippen LogP contribution in [0.2, 0.25) is 0 Å². The Morgan fingerprint density at radius 3 is 2.45 bits per heavy atom. The molecule has 0 aliphatic heterocycles. The normalized spacial score (nSPS) is 11.4. The first kappa shape index (κ1) is 30.1. The van der Waals surface area contributed by atoms with E-state index in [0.717, 1.165) is 42.5 Å². The molecule has 0 fully saturated rings. The van der Waals surface area contributed by atoms with Crippen LogP contribution < -0.4 is 10.9 Å². The third-order valence-corrected chi connectivity index (χ3v) is 6.65. The molecular formula is C32H28F3N7O2. The van der Waals surface area contributed by atoms with Gasteiger partial charge in [-0.25, -0.2) is 28.1 Å². The largest absolute Gasteiger partial charge is 0.330 e. The van der Waals surface area contributed by atoms with Crippen molar-refractivity contribution in [2.45, 2.75) is 13.1 Å². The van der Waals surface area contributed by atoms with E-state index in [1.54, 1.807) is 12.1 Å². The summed E-state index contributed by atoms with van der Waals surface area (Å²) in [5, 5.41) is 3.33. The van der Waals surface area contributed by atoms with Crippen LogP contribution >= 0.6 is 0 Å². The summed E-state index contributed by atoms with van der Waals surface area (Å²) >= 11 is 0. The van der Waals surface area contributed by atoms with Crippen LogP contribution in [0.15, 0.2) is 84.2 Å². The molecule has 2 aromatic heterocycles. The van der Waals surface area contributed by atoms with Gasteiger partial charge in [-0.15, -0.1) is 0 Å². The highest BCUT2D eigenvalue weighted by molar-refractivity contribution is 5.93. The van der Waals surface area contributed by atoms with E-state index in [9.17, 15) is 18.4 Å². The van der Waals surface area contributed by atoms with Crippen molar-refractivity contribution in [2.75, 3.05) is 26.0 Å². The molecule has 5 rings (SSSR count). The van der Waals surface area contributed by atoms with E-state index in [0.29, 0.717) is 17.0 Å². The number of rotatable bonds is 10. The molecule has 0 spiro atoms. The second kappa shape index (κ2) is 13.3. The summed E-state index contributed by atoms with van der Waals surface area (Å²) in [6.07, 6.45) is 6.67. The summed E-state index contributed by atoms with van der Waals surface area (Å²) in [6.45, 7) is 0.600. The van der Waals surface area contributed by atoms with Crippen molar-refractivity contribution in [3.63, 3.8) is 0 Å². The van der Waals surface area contributed by atoms with Gasteiger partial charge in [-0.1, -0.05) is 30.4 Å². The molecule has 0 aliphatic rings. The maximum atomic E-state index is 15.4. The van der Waals surface area contributed by atoms with Gasteiger partial charge in [-0.2, -0.15) is 0 Å². The van der Waals surface area contributed by atoms with Crippen molar-refractivity contribution in [2.24, 2.45) is 0 Å². The van der Waals surface area contributed by atoms with Gasteiger partial charge in [0, 0.05) is 43.3 Å². The molecule has 44 heavy (non-hydrogen) atoms. The van der Waals surface area contributed by atoms with Gasteiger partial charge in [0.15, 0.2) is 11.6 Å². The average Bonchev–Trinajstić information content (AvgIpc) is 3.00. The zero-order chi connectivity index (χ0) is 31.2. The van der Waals surface area contributed by atoms with Crippen LogP contribution in [-0.2, 0) is 13.1 Å². The fraction of sp³-hybridized carbons (Fsp3) is 0.156. The Morgan fingerprint density at radius 1 is 0.955 bits per heavy atom. The lowest BCUT2D eigenvalue weighted by molar-refractivity contribution is 0.0760. The van der Waals surface area contributed by atoms with Crippen LogP contribution in [0.5, 0.6) is 0 Å². The van der Waals surface area contributed by atoms with Crippen molar-refractivity contribution in [1.29, 1.82) is 0 Å². The second-order valence-corrected chi connectivity index (χ2v) is 10.3. The first-order valence-electron chi connectivity index (χ1n) is 13.6. The molecule has 0 aliphatic carbocycles. The fourth-order valence-electron chi connectivity index (χ4n) is 4.52. The summed E-state index contributed by atoms with van der Waals surface area (Å²) in [7, 11) is 4.00. The molecular weight excluding hydrogens is 571 g/mol. The van der Waals surface area contributed by atoms with Gasteiger partial charge in [-0.05, 0) is 61.6 Å². The Labute approximate surface area is 250 Å². The van der Waals surface area contributed by atoms with Crippen LogP contribution in [0.25, 0.3) is 17.0 Å². The minimum absolute atomic E-state index is 0.0731. The number of hydrogen-bond donors (Lipinski definition) is 2. The molecule has 0 unspecified atom stereocenters. The predicted octanol–water partition coefficient (Wildman–Crippen LogP) is 5.29. The smallest absolute Gasteiger partial charge is 0.263 e. The van der Waals surface area contributed by atoms with E-state index in [2.05, 4.69) is 30.2 Å². The highest BCUT2D eigenvalue weighted by Gasteiger charge is 2.19. The zero-order valence-corrected chi connectivity index (χ0v) is 23.9. The van der Waals surface area contributed by atoms with Crippen LogP contribution in [0, 0.1) is 17.5 Å². The molecule has 9 nitrogen and oxygen atoms in total. The number of fused-ring (bicyclic) bond motifs is 1. The third-order valence-electron chi connectivity index (χ3n) is 6.65. The molecule has 0 saturated heterocycles. The number of nitrogens with one attached hydrogen (secondary N) is 2. The van der Waals surface area contributed by atoms with E-state index in [1.165, 1.54) is 29.3 Å². The molecule has 2 N–H and O–H groups in total. The summed E-state index contributed by atoms with van der Waals surface area (Å²) in [4.78, 5) is 43.6. The number of carbonyl (C=O) groups is 1. The van der Waals surface area contributed by atoms with Gasteiger partial charge in [0.05, 0.1) is 17.2 Å². The van der Waals surface area contributed by atoms with E-state index < -0.39 is 28.9 Å². The van der Waals surface area contributed by atoms with Gasteiger partial charge in [0.1, 0.15) is 11.4 Å². The van der Waals surface area contributed by atoms with Gasteiger partial charge < -0.3 is 20.1 Å². The summed E-state index contributed by atoms with van der Waals surface area (Å²) < 4.78 is 42.7. The van der Waals surface area contributed by atoms with Gasteiger partial charge >= 0.3 is 0 Å². The lowest BCUT2D eigenvalue weighted by Gasteiger charge is -2.21. The number of benzene rings is 3. The maximum Gasteiger partial charge on any atom is 0.263 e. The Balaban J connectivity index is 1.34.